The van der Waals surface area contributed by atoms with E-state index in [4.69, 9.17) is 33.7 Å². The molecule has 20 heteroatoms. The van der Waals surface area contributed by atoms with Crippen LogP contribution in [0.2, 0.25) is 0 Å². The van der Waals surface area contributed by atoms with Crippen LogP contribution in [0.25, 0.3) is 21.8 Å². The second-order valence-electron chi connectivity index (χ2n) is 22.0. The molecule has 0 bridgehead atoms. The van der Waals surface area contributed by atoms with Crippen LogP contribution in [0, 0.1) is 0 Å². The molecule has 3 atom stereocenters. The van der Waals surface area contributed by atoms with Crippen LogP contribution in [0.4, 0.5) is 28.7 Å². The van der Waals surface area contributed by atoms with Gasteiger partial charge in [0.05, 0.1) is 101 Å². The predicted molar refractivity (Wildman–Crippen MR) is 307 cm³/mol. The standard InChI is InChI=1S/C29H36N6O4.C28H33N5O5.C2H6.H2/c1-29(2)25-24(32(3)27(29)37)14-19(16-30-25)8-11-35-26(36)22-7-6-20(34-12-13-39-21(17-34)18-38-4)15-23(22)31-28(35)33-9-5-10-33;1-28(2)24-22(31-27(28)35)12-17(14-29-24)6-8-33-25(23-7-10-38-23)30-21-13-18(4-5-20(21)26(33)34)32-9-11-37-19(15-32)16-36-3;1-2;/h6-7,14-16,21H,5,8-13,17-18H2,1-4H3;4-5,12-14,19,23H,6-11,15-16H2,1-3H3,(H,31,35);1-2H3;1H/t21-;19-,23?;;/m11../s1. The van der Waals surface area contributed by atoms with Gasteiger partial charge in [-0.2, -0.15) is 0 Å². The number of methoxy groups -OCH3 is 2. The van der Waals surface area contributed by atoms with Crippen LogP contribution in [0.3, 0.4) is 0 Å². The summed E-state index contributed by atoms with van der Waals surface area (Å²) in [6, 6.07) is 15.8. The lowest BCUT2D eigenvalue weighted by molar-refractivity contribution is -0.122. The fraction of sp³-hybridized carbons (Fsp3) is 0.525. The van der Waals surface area contributed by atoms with E-state index in [0.29, 0.717) is 86.6 Å². The Balaban J connectivity index is 0.000000186. The smallest absolute Gasteiger partial charge is 0.262 e. The highest BCUT2D eigenvalue weighted by molar-refractivity contribution is 6.06. The van der Waals surface area contributed by atoms with Crippen LogP contribution in [0.1, 0.15) is 90.3 Å². The van der Waals surface area contributed by atoms with E-state index < -0.39 is 10.8 Å². The maximum atomic E-state index is 13.8. The average molecular weight is 1080 g/mol. The minimum atomic E-state index is -0.646. The molecule has 2 amide bonds. The number of anilines is 5. The summed E-state index contributed by atoms with van der Waals surface area (Å²) in [4.78, 5) is 80.1. The number of rotatable bonds is 14. The van der Waals surface area contributed by atoms with Crippen molar-refractivity contribution in [1.82, 2.24) is 29.1 Å². The van der Waals surface area contributed by atoms with Gasteiger partial charge in [0.25, 0.3) is 11.1 Å². The molecule has 20 nitrogen and oxygen atoms in total. The van der Waals surface area contributed by atoms with Gasteiger partial charge in [-0.25, -0.2) is 9.97 Å². The van der Waals surface area contributed by atoms with E-state index in [0.717, 1.165) is 103 Å². The van der Waals surface area contributed by atoms with Crippen molar-refractivity contribution in [2.24, 2.45) is 0 Å². The highest BCUT2D eigenvalue weighted by atomic mass is 16.5. The number of nitrogens with one attached hydrogen (secondary N) is 1. The fourth-order valence-electron chi connectivity index (χ4n) is 11.3. The van der Waals surface area contributed by atoms with Crippen molar-refractivity contribution in [3.63, 3.8) is 0 Å². The van der Waals surface area contributed by atoms with Gasteiger partial charge < -0.3 is 48.6 Å². The summed E-state index contributed by atoms with van der Waals surface area (Å²) >= 11 is 0. The lowest BCUT2D eigenvalue weighted by Gasteiger charge is -2.35. The number of ether oxygens (including phenoxy) is 5. The van der Waals surface area contributed by atoms with E-state index in [1.807, 2.05) is 96.3 Å². The van der Waals surface area contributed by atoms with E-state index in [-0.39, 0.29) is 42.7 Å². The predicted octanol–water partition coefficient (Wildman–Crippen LogP) is 6.20. The highest BCUT2D eigenvalue weighted by Crippen LogP contribution is 2.40. The van der Waals surface area contributed by atoms with E-state index in [1.54, 1.807) is 41.5 Å². The lowest BCUT2D eigenvalue weighted by Crippen LogP contribution is -2.44. The van der Waals surface area contributed by atoms with Crippen LogP contribution >= 0.6 is 0 Å². The monoisotopic (exact) mass is 1080 g/mol. The van der Waals surface area contributed by atoms with E-state index >= 15 is 0 Å². The Morgan fingerprint density at radius 3 is 1.78 bits per heavy atom. The van der Waals surface area contributed by atoms with Crippen LogP contribution in [0.5, 0.6) is 0 Å². The Hall–Kier alpha value is -6.84. The molecule has 1 unspecified atom stereocenters. The van der Waals surface area contributed by atoms with Gasteiger partial charge in [-0.15, -0.1) is 0 Å². The van der Waals surface area contributed by atoms with Gasteiger partial charge in [0.1, 0.15) is 11.9 Å². The molecule has 4 fully saturated rings. The Bertz CT molecular complexity index is 3370. The summed E-state index contributed by atoms with van der Waals surface area (Å²) < 4.78 is 31.5. The van der Waals surface area contributed by atoms with Crippen molar-refractivity contribution in [3.05, 3.63) is 110 Å². The number of aryl methyl sites for hydroxylation is 2. The topological polar surface area (TPSA) is 201 Å². The Morgan fingerprint density at radius 1 is 0.671 bits per heavy atom. The molecule has 0 aliphatic carbocycles. The van der Waals surface area contributed by atoms with Gasteiger partial charge in [-0.3, -0.25) is 38.3 Å². The number of fused-ring (bicyclic) bond motifs is 4. The molecule has 4 aromatic heterocycles. The number of likely N-dealkylation sites (N-methyl/N-ethyl adjacent to an activating group) is 1. The van der Waals surface area contributed by atoms with Gasteiger partial charge in [-0.05, 0) is 107 Å². The molecule has 1 N–H and O–H groups in total. The zero-order chi connectivity index (χ0) is 55.8. The maximum absolute atomic E-state index is 13.8. The first-order chi connectivity index (χ1) is 38.1. The van der Waals surface area contributed by atoms with Crippen molar-refractivity contribution in [3.8, 4) is 0 Å². The number of aromatic nitrogens is 6. The normalized spacial score (nSPS) is 20.9. The summed E-state index contributed by atoms with van der Waals surface area (Å²) in [5.74, 6) is 1.37. The molecule has 0 radical (unpaired) electrons. The van der Waals surface area contributed by atoms with Gasteiger partial charge >= 0.3 is 0 Å². The summed E-state index contributed by atoms with van der Waals surface area (Å²) in [5.41, 5.74) is 7.14. The molecular formula is C59H77N11O9. The molecule has 2 aromatic carbocycles. The van der Waals surface area contributed by atoms with Gasteiger partial charge in [-0.1, -0.05) is 13.8 Å². The SMILES string of the molecule is CC.COC[C@H]1CN(c2ccc3c(=O)n(CCc4cnc5c(c4)N(C)C(=O)C5(C)C)c(N4CCC4)nc3c2)CCO1.COC[C@H]1CN(c2ccc3c(=O)n(CCc4cnc5c(c4)NC(=O)C5(C)C)c(C4CCO4)nc3c2)CCO1.[HH]. The Kier molecular flexibility index (Phi) is 16.2. The zero-order valence-corrected chi connectivity index (χ0v) is 47.2. The first-order valence-electron chi connectivity index (χ1n) is 27.9. The van der Waals surface area contributed by atoms with Crippen LogP contribution < -0.4 is 36.0 Å². The first kappa shape index (κ1) is 55.5. The van der Waals surface area contributed by atoms with Gasteiger partial charge in [0.2, 0.25) is 17.8 Å². The molecule has 6 aliphatic heterocycles. The summed E-state index contributed by atoms with van der Waals surface area (Å²) in [7, 11) is 5.16. The van der Waals surface area contributed by atoms with Crippen LogP contribution in [-0.2, 0) is 70.0 Å². The zero-order valence-electron chi connectivity index (χ0n) is 47.2. The van der Waals surface area contributed by atoms with E-state index in [1.165, 1.54) is 0 Å². The third-order valence-corrected chi connectivity index (χ3v) is 16.0. The third kappa shape index (κ3) is 10.8. The number of benzene rings is 2. The summed E-state index contributed by atoms with van der Waals surface area (Å²) in [6.45, 7) is 20.3. The molecule has 10 heterocycles. The number of morpholine rings is 2. The summed E-state index contributed by atoms with van der Waals surface area (Å²) in [6.07, 6.45) is 6.59. The van der Waals surface area contributed by atoms with Crippen molar-refractivity contribution < 1.29 is 34.7 Å². The number of nitrogens with zero attached hydrogens (tertiary/aromatic N) is 10. The molecular weight excluding hydrogens is 1010 g/mol. The first-order valence-corrected chi connectivity index (χ1v) is 27.9. The molecule has 12 rings (SSSR count). The molecule has 0 spiro atoms. The van der Waals surface area contributed by atoms with Gasteiger partial charge in [0, 0.05) is 105 Å². The molecule has 0 saturated carbocycles. The molecule has 6 aromatic rings. The molecule has 4 saturated heterocycles. The number of carbonyl (C=O) groups excluding carboxylic acids is 2. The second kappa shape index (κ2) is 23.1. The third-order valence-electron chi connectivity index (χ3n) is 16.0. The van der Waals surface area contributed by atoms with Crippen molar-refractivity contribution in [1.29, 1.82) is 0 Å². The largest absolute Gasteiger partial charge is 0.382 e. The second-order valence-corrected chi connectivity index (χ2v) is 22.0. The number of hydrogen-bond donors (Lipinski definition) is 1. The van der Waals surface area contributed by atoms with Crippen molar-refractivity contribution in [2.75, 3.05) is 118 Å². The minimum absolute atomic E-state index is 0. The highest BCUT2D eigenvalue weighted by Gasteiger charge is 2.44. The Labute approximate surface area is 462 Å². The number of amides is 2. The van der Waals surface area contributed by atoms with E-state index in [2.05, 4.69) is 30.0 Å². The van der Waals surface area contributed by atoms with Crippen LogP contribution in [0.15, 0.2) is 70.5 Å². The van der Waals surface area contributed by atoms with Gasteiger partial charge in [0.15, 0.2) is 0 Å². The molecule has 6 aliphatic rings. The lowest BCUT2D eigenvalue weighted by atomic mass is 9.90. The number of carbonyl (C=O) groups is 2. The van der Waals surface area contributed by atoms with Crippen molar-refractivity contribution in [2.45, 2.75) is 109 Å². The Morgan fingerprint density at radius 2 is 1.23 bits per heavy atom. The van der Waals surface area contributed by atoms with Crippen molar-refractivity contribution >= 4 is 62.3 Å². The average Bonchev–Trinajstić information content (AvgIpc) is 3.85. The molecule has 79 heavy (non-hydrogen) atoms. The number of pyridine rings is 2. The van der Waals surface area contributed by atoms with Crippen LogP contribution in [-0.4, -0.2) is 147 Å². The summed E-state index contributed by atoms with van der Waals surface area (Å²) in [5, 5.41) is 4.13. The maximum Gasteiger partial charge on any atom is 0.262 e. The fourth-order valence-corrected chi connectivity index (χ4v) is 11.3. The minimum Gasteiger partial charge on any atom is -0.382 e. The quantitative estimate of drug-likeness (QED) is 0.129. The molecule has 422 valence electrons. The van der Waals surface area contributed by atoms with E-state index in [9.17, 15) is 19.2 Å². The number of hydrogen-bond acceptors (Lipinski definition) is 16.